The van der Waals surface area contributed by atoms with Crippen molar-refractivity contribution in [1.82, 2.24) is 9.80 Å². The zero-order valence-corrected chi connectivity index (χ0v) is 20.2. The van der Waals surface area contributed by atoms with E-state index >= 15 is 0 Å². The van der Waals surface area contributed by atoms with Crippen molar-refractivity contribution >= 4 is 11.6 Å². The second-order valence-corrected chi connectivity index (χ2v) is 8.57. The van der Waals surface area contributed by atoms with Crippen LogP contribution in [-0.2, 0) is 6.54 Å². The van der Waals surface area contributed by atoms with E-state index in [2.05, 4.69) is 41.0 Å². The minimum Gasteiger partial charge on any atom is -0.497 e. The molecule has 1 saturated heterocycles. The molecule has 1 heterocycles. The topological polar surface area (TPSA) is 36.0 Å². The van der Waals surface area contributed by atoms with Crippen molar-refractivity contribution in [2.75, 3.05) is 44.7 Å². The predicted molar refractivity (Wildman–Crippen MR) is 133 cm³/mol. The van der Waals surface area contributed by atoms with Crippen molar-refractivity contribution in [1.29, 1.82) is 0 Å². The molecule has 0 aromatic heterocycles. The SMILES string of the molecule is CCCN1CCC(N(Cc2ccc(OC)cc2)c2ccc(C(=O)N(CC)CC)cc2)CC1. The van der Waals surface area contributed by atoms with Gasteiger partial charge in [0.1, 0.15) is 5.75 Å². The summed E-state index contributed by atoms with van der Waals surface area (Å²) in [6.45, 7) is 12.1. The lowest BCUT2D eigenvalue weighted by molar-refractivity contribution is 0.0773. The molecule has 1 amide bonds. The maximum atomic E-state index is 12.7. The molecular formula is C27H39N3O2. The smallest absolute Gasteiger partial charge is 0.253 e. The molecule has 1 fully saturated rings. The van der Waals surface area contributed by atoms with E-state index in [-0.39, 0.29) is 5.91 Å². The third-order valence-corrected chi connectivity index (χ3v) is 6.55. The van der Waals surface area contributed by atoms with Crippen LogP contribution in [0, 0.1) is 0 Å². The molecule has 2 aromatic carbocycles. The first-order valence-corrected chi connectivity index (χ1v) is 12.1. The molecule has 1 aliphatic rings. The molecule has 5 nitrogen and oxygen atoms in total. The number of ether oxygens (including phenoxy) is 1. The van der Waals surface area contributed by atoms with Gasteiger partial charge < -0.3 is 19.4 Å². The number of amides is 1. The standard InChI is InChI=1S/C27H39N3O2/c1-5-18-28-19-16-25(17-20-28)30(21-22-8-14-26(32-4)15-9-22)24-12-10-23(11-13-24)27(31)29(6-2)7-3/h8-15,25H,5-7,16-21H2,1-4H3. The molecule has 0 spiro atoms. The second kappa shape index (κ2) is 11.9. The predicted octanol–water partition coefficient (Wildman–Crippen LogP) is 5.06. The van der Waals surface area contributed by atoms with Gasteiger partial charge in [-0.25, -0.2) is 0 Å². The van der Waals surface area contributed by atoms with E-state index < -0.39 is 0 Å². The van der Waals surface area contributed by atoms with Gasteiger partial charge >= 0.3 is 0 Å². The van der Waals surface area contributed by atoms with Crippen molar-refractivity contribution in [3.63, 3.8) is 0 Å². The van der Waals surface area contributed by atoms with E-state index in [1.165, 1.54) is 24.2 Å². The molecule has 0 radical (unpaired) electrons. The highest BCUT2D eigenvalue weighted by molar-refractivity contribution is 5.94. The van der Waals surface area contributed by atoms with Crippen LogP contribution in [0.15, 0.2) is 48.5 Å². The van der Waals surface area contributed by atoms with Crippen LogP contribution in [0.1, 0.15) is 56.0 Å². The summed E-state index contributed by atoms with van der Waals surface area (Å²) in [5.74, 6) is 0.989. The summed E-state index contributed by atoms with van der Waals surface area (Å²) in [4.78, 5) is 19.7. The Balaban J connectivity index is 1.80. The van der Waals surface area contributed by atoms with Crippen LogP contribution in [0.3, 0.4) is 0 Å². The summed E-state index contributed by atoms with van der Waals surface area (Å²) in [7, 11) is 1.70. The van der Waals surface area contributed by atoms with E-state index in [0.717, 1.165) is 56.9 Å². The van der Waals surface area contributed by atoms with Gasteiger partial charge in [0.05, 0.1) is 7.11 Å². The number of hydrogen-bond acceptors (Lipinski definition) is 4. The summed E-state index contributed by atoms with van der Waals surface area (Å²) in [5.41, 5.74) is 3.22. The van der Waals surface area contributed by atoms with Gasteiger partial charge in [0.25, 0.3) is 5.91 Å². The number of piperidine rings is 1. The number of nitrogens with zero attached hydrogens (tertiary/aromatic N) is 3. The normalized spacial score (nSPS) is 14.9. The van der Waals surface area contributed by atoms with Gasteiger partial charge in [0.15, 0.2) is 0 Å². The molecular weight excluding hydrogens is 398 g/mol. The number of rotatable bonds is 10. The Labute approximate surface area is 194 Å². The maximum absolute atomic E-state index is 12.7. The Morgan fingerprint density at radius 2 is 1.59 bits per heavy atom. The van der Waals surface area contributed by atoms with E-state index in [4.69, 9.17) is 4.74 Å². The van der Waals surface area contributed by atoms with Gasteiger partial charge in [0, 0.05) is 50.0 Å². The zero-order valence-electron chi connectivity index (χ0n) is 20.2. The van der Waals surface area contributed by atoms with E-state index in [1.807, 2.05) is 43.0 Å². The van der Waals surface area contributed by atoms with Crippen molar-refractivity contribution in [3.8, 4) is 5.75 Å². The summed E-state index contributed by atoms with van der Waals surface area (Å²) < 4.78 is 5.33. The second-order valence-electron chi connectivity index (χ2n) is 8.57. The highest BCUT2D eigenvalue weighted by Crippen LogP contribution is 2.27. The quantitative estimate of drug-likeness (QED) is 0.521. The number of carbonyl (C=O) groups excluding carboxylic acids is 1. The van der Waals surface area contributed by atoms with Gasteiger partial charge in [-0.15, -0.1) is 0 Å². The molecule has 32 heavy (non-hydrogen) atoms. The third kappa shape index (κ3) is 6.04. The maximum Gasteiger partial charge on any atom is 0.253 e. The van der Waals surface area contributed by atoms with Crippen LogP contribution >= 0.6 is 0 Å². The Bertz CT molecular complexity index is 823. The summed E-state index contributed by atoms with van der Waals surface area (Å²) >= 11 is 0. The van der Waals surface area contributed by atoms with Crippen LogP contribution in [0.2, 0.25) is 0 Å². The van der Waals surface area contributed by atoms with Gasteiger partial charge in [-0.3, -0.25) is 4.79 Å². The minimum atomic E-state index is 0.108. The zero-order chi connectivity index (χ0) is 22.9. The fourth-order valence-electron chi connectivity index (χ4n) is 4.62. The molecule has 174 valence electrons. The highest BCUT2D eigenvalue weighted by atomic mass is 16.5. The number of hydrogen-bond donors (Lipinski definition) is 0. The number of methoxy groups -OCH3 is 1. The van der Waals surface area contributed by atoms with Crippen LogP contribution in [-0.4, -0.2) is 61.6 Å². The highest BCUT2D eigenvalue weighted by Gasteiger charge is 2.25. The number of likely N-dealkylation sites (tertiary alicyclic amines) is 1. The van der Waals surface area contributed by atoms with Crippen LogP contribution in [0.25, 0.3) is 0 Å². The lowest BCUT2D eigenvalue weighted by Crippen LogP contribution is -2.45. The Morgan fingerprint density at radius 1 is 0.969 bits per heavy atom. The molecule has 0 atom stereocenters. The number of carbonyl (C=O) groups is 1. The molecule has 2 aromatic rings. The monoisotopic (exact) mass is 437 g/mol. The van der Waals surface area contributed by atoms with Gasteiger partial charge in [-0.05, 0) is 81.6 Å². The van der Waals surface area contributed by atoms with Crippen molar-refractivity contribution < 1.29 is 9.53 Å². The molecule has 0 saturated carbocycles. The summed E-state index contributed by atoms with van der Waals surface area (Å²) in [5, 5.41) is 0. The van der Waals surface area contributed by atoms with Crippen molar-refractivity contribution in [2.45, 2.75) is 52.6 Å². The summed E-state index contributed by atoms with van der Waals surface area (Å²) in [6.07, 6.45) is 3.54. The van der Waals surface area contributed by atoms with E-state index in [0.29, 0.717) is 6.04 Å². The van der Waals surface area contributed by atoms with Crippen LogP contribution in [0.4, 0.5) is 5.69 Å². The lowest BCUT2D eigenvalue weighted by atomic mass is 10.0. The first-order chi connectivity index (χ1) is 15.6. The van der Waals surface area contributed by atoms with Crippen LogP contribution in [0.5, 0.6) is 5.75 Å². The molecule has 0 bridgehead atoms. The fourth-order valence-corrected chi connectivity index (χ4v) is 4.62. The molecule has 1 aliphatic heterocycles. The van der Waals surface area contributed by atoms with E-state index in [1.54, 1.807) is 7.11 Å². The van der Waals surface area contributed by atoms with Crippen molar-refractivity contribution in [3.05, 3.63) is 59.7 Å². The average molecular weight is 438 g/mol. The Morgan fingerprint density at radius 3 is 2.12 bits per heavy atom. The Kier molecular flexibility index (Phi) is 8.98. The van der Waals surface area contributed by atoms with E-state index in [9.17, 15) is 4.79 Å². The number of benzene rings is 2. The van der Waals surface area contributed by atoms with Crippen molar-refractivity contribution in [2.24, 2.45) is 0 Å². The molecule has 0 aliphatic carbocycles. The van der Waals surface area contributed by atoms with Gasteiger partial charge in [-0.2, -0.15) is 0 Å². The first-order valence-electron chi connectivity index (χ1n) is 12.1. The number of anilines is 1. The van der Waals surface area contributed by atoms with Crippen LogP contribution < -0.4 is 9.64 Å². The average Bonchev–Trinajstić information content (AvgIpc) is 2.84. The molecule has 3 rings (SSSR count). The van der Waals surface area contributed by atoms with Gasteiger partial charge in [0.2, 0.25) is 0 Å². The first kappa shape index (κ1) is 24.1. The fraction of sp³-hybridized carbons (Fsp3) is 0.519. The molecule has 0 unspecified atom stereocenters. The lowest BCUT2D eigenvalue weighted by Gasteiger charge is -2.40. The Hall–Kier alpha value is -2.53. The summed E-state index contributed by atoms with van der Waals surface area (Å²) in [6, 6.07) is 17.1. The molecule has 5 heteroatoms. The minimum absolute atomic E-state index is 0.108. The van der Waals surface area contributed by atoms with Gasteiger partial charge in [-0.1, -0.05) is 19.1 Å². The largest absolute Gasteiger partial charge is 0.497 e. The molecule has 0 N–H and O–H groups in total. The third-order valence-electron chi connectivity index (χ3n) is 6.55.